The average molecular weight is 440 g/mol. The van der Waals surface area contributed by atoms with Gasteiger partial charge in [-0.1, -0.05) is 0 Å². The van der Waals surface area contributed by atoms with Crippen molar-refractivity contribution in [3.63, 3.8) is 0 Å². The van der Waals surface area contributed by atoms with Gasteiger partial charge in [-0.05, 0) is 32.0 Å². The first-order valence-electron chi connectivity index (χ1n) is 9.85. The number of aliphatic hydroxyl groups excluding tert-OH is 4. The lowest BCUT2D eigenvalue weighted by Crippen LogP contribution is -2.60. The van der Waals surface area contributed by atoms with Crippen molar-refractivity contribution in [1.82, 2.24) is 0 Å². The second-order valence-corrected chi connectivity index (χ2v) is 8.10. The molecule has 3 rings (SSSR count). The third-order valence-electron chi connectivity index (χ3n) is 5.39. The summed E-state index contributed by atoms with van der Waals surface area (Å²) < 4.78 is 22.0. The van der Waals surface area contributed by atoms with Crippen molar-refractivity contribution in [3.05, 3.63) is 40.2 Å². The van der Waals surface area contributed by atoms with Crippen LogP contribution in [0, 0.1) is 0 Å². The summed E-state index contributed by atoms with van der Waals surface area (Å²) in [5.41, 5.74) is -1.31. The van der Waals surface area contributed by atoms with Crippen LogP contribution in [0.3, 0.4) is 0 Å². The predicted octanol–water partition coefficient (Wildman–Crippen LogP) is -0.700. The van der Waals surface area contributed by atoms with Gasteiger partial charge in [0.05, 0.1) is 25.4 Å². The van der Waals surface area contributed by atoms with Crippen LogP contribution in [-0.2, 0) is 15.9 Å². The summed E-state index contributed by atoms with van der Waals surface area (Å²) in [4.78, 5) is 11.8. The lowest BCUT2D eigenvalue weighted by molar-refractivity contribution is -0.321. The van der Waals surface area contributed by atoms with E-state index >= 15 is 0 Å². The van der Waals surface area contributed by atoms with Gasteiger partial charge in [-0.2, -0.15) is 0 Å². The Kier molecular flexibility index (Phi) is 7.01. The Morgan fingerprint density at radius 1 is 1.10 bits per heavy atom. The molecule has 10 heteroatoms. The number of aliphatic hydroxyl groups is 5. The molecule has 1 aliphatic heterocycles. The molecule has 0 saturated carbocycles. The molecule has 6 atom stereocenters. The normalized spacial score (nSPS) is 27.9. The number of methoxy groups -OCH3 is 1. The lowest BCUT2D eigenvalue weighted by atomic mass is 9.93. The van der Waals surface area contributed by atoms with E-state index in [1.54, 1.807) is 18.2 Å². The van der Waals surface area contributed by atoms with E-state index < -0.39 is 54.6 Å². The number of ether oxygens (including phenoxy) is 3. The number of hydrogen-bond donors (Lipinski definition) is 5. The van der Waals surface area contributed by atoms with Gasteiger partial charge in [0.15, 0.2) is 6.29 Å². The van der Waals surface area contributed by atoms with Gasteiger partial charge in [-0.3, -0.25) is 0 Å². The highest BCUT2D eigenvalue weighted by Gasteiger charge is 2.46. The van der Waals surface area contributed by atoms with E-state index in [4.69, 9.17) is 18.6 Å². The molecule has 0 unspecified atom stereocenters. The zero-order chi connectivity index (χ0) is 22.9. The first-order valence-corrected chi connectivity index (χ1v) is 9.85. The summed E-state index contributed by atoms with van der Waals surface area (Å²) in [5, 5.41) is 51.0. The quantitative estimate of drug-likeness (QED) is 0.349. The molecule has 0 bridgehead atoms. The van der Waals surface area contributed by atoms with E-state index in [1.165, 1.54) is 27.0 Å². The fourth-order valence-corrected chi connectivity index (χ4v) is 3.55. The molecule has 31 heavy (non-hydrogen) atoms. The highest BCUT2D eigenvalue weighted by molar-refractivity contribution is 5.82. The first kappa shape index (κ1) is 23.6. The Morgan fingerprint density at radius 3 is 2.39 bits per heavy atom. The molecule has 1 saturated heterocycles. The van der Waals surface area contributed by atoms with E-state index in [2.05, 4.69) is 0 Å². The smallest absolute Gasteiger partial charge is 0.336 e. The van der Waals surface area contributed by atoms with Gasteiger partial charge in [0.1, 0.15) is 35.7 Å². The van der Waals surface area contributed by atoms with E-state index in [9.17, 15) is 30.3 Å². The lowest BCUT2D eigenvalue weighted by Gasteiger charge is -2.42. The summed E-state index contributed by atoms with van der Waals surface area (Å²) in [6.07, 6.45) is -8.42. The van der Waals surface area contributed by atoms with Crippen molar-refractivity contribution in [3.8, 4) is 5.75 Å². The number of fused-ring (bicyclic) bond motifs is 1. The van der Waals surface area contributed by atoms with Crippen LogP contribution in [0.2, 0.25) is 0 Å². The Labute approximate surface area is 178 Å². The van der Waals surface area contributed by atoms with Crippen LogP contribution in [0.25, 0.3) is 11.0 Å². The Hall–Kier alpha value is -2.05. The van der Waals surface area contributed by atoms with Gasteiger partial charge in [0.2, 0.25) is 0 Å². The molecule has 1 fully saturated rings. The van der Waals surface area contributed by atoms with Crippen molar-refractivity contribution >= 4 is 11.0 Å². The molecule has 1 aromatic carbocycles. The summed E-state index contributed by atoms with van der Waals surface area (Å²) in [6.45, 7) is 2.35. The Morgan fingerprint density at radius 2 is 1.77 bits per heavy atom. The minimum absolute atomic E-state index is 0.00795. The number of benzene rings is 1. The molecule has 1 aromatic heterocycles. The largest absolute Gasteiger partial charge is 0.496 e. The number of rotatable bonds is 7. The molecule has 2 heterocycles. The van der Waals surface area contributed by atoms with Gasteiger partial charge in [-0.25, -0.2) is 4.79 Å². The summed E-state index contributed by atoms with van der Waals surface area (Å²) >= 11 is 0. The van der Waals surface area contributed by atoms with Gasteiger partial charge < -0.3 is 44.2 Å². The molecule has 0 radical (unpaired) electrons. The minimum atomic E-state index is -1.63. The molecule has 0 spiro atoms. The Bertz CT molecular complexity index is 947. The fraction of sp³-hybridized carbons (Fsp3) is 0.571. The zero-order valence-electron chi connectivity index (χ0n) is 17.5. The minimum Gasteiger partial charge on any atom is -0.496 e. The molecule has 1 aliphatic rings. The standard InChI is InChI=1S/C21H28O10/c1-21(2,27)14(30-20-18(26)17(25)16(24)13(9-22)29-20)8-11-12(28-3)6-4-10-5-7-15(23)31-19(10)11/h4-7,13-14,16-18,20,22,24-27H,8-9H2,1-3H3/t13-,14-,16-,17+,18-,20-/m0/s1. The molecule has 172 valence electrons. The second kappa shape index (κ2) is 9.21. The molecule has 10 nitrogen and oxygen atoms in total. The zero-order valence-corrected chi connectivity index (χ0v) is 17.5. The van der Waals surface area contributed by atoms with Gasteiger partial charge in [0.25, 0.3) is 0 Å². The van der Waals surface area contributed by atoms with Crippen LogP contribution in [0.15, 0.2) is 33.5 Å². The fourth-order valence-electron chi connectivity index (χ4n) is 3.55. The second-order valence-electron chi connectivity index (χ2n) is 8.10. The van der Waals surface area contributed by atoms with Crippen molar-refractivity contribution in [2.24, 2.45) is 0 Å². The van der Waals surface area contributed by atoms with Crippen molar-refractivity contribution in [2.75, 3.05) is 13.7 Å². The topological polar surface area (TPSA) is 159 Å². The highest BCUT2D eigenvalue weighted by Crippen LogP contribution is 2.33. The third kappa shape index (κ3) is 4.90. The van der Waals surface area contributed by atoms with Crippen molar-refractivity contribution in [2.45, 2.75) is 62.7 Å². The third-order valence-corrected chi connectivity index (χ3v) is 5.39. The Balaban J connectivity index is 1.97. The summed E-state index contributed by atoms with van der Waals surface area (Å²) in [6, 6.07) is 6.29. The van der Waals surface area contributed by atoms with Crippen molar-refractivity contribution < 1.29 is 44.2 Å². The van der Waals surface area contributed by atoms with E-state index in [-0.39, 0.29) is 12.0 Å². The van der Waals surface area contributed by atoms with Gasteiger partial charge >= 0.3 is 5.63 Å². The van der Waals surface area contributed by atoms with Crippen LogP contribution < -0.4 is 10.4 Å². The molecule has 5 N–H and O–H groups in total. The highest BCUT2D eigenvalue weighted by atomic mass is 16.7. The van der Waals surface area contributed by atoms with E-state index in [1.807, 2.05) is 0 Å². The van der Waals surface area contributed by atoms with Crippen molar-refractivity contribution in [1.29, 1.82) is 0 Å². The van der Waals surface area contributed by atoms with E-state index in [0.29, 0.717) is 16.7 Å². The first-order chi connectivity index (χ1) is 14.6. The van der Waals surface area contributed by atoms with Crippen LogP contribution in [-0.4, -0.2) is 81.7 Å². The van der Waals surface area contributed by atoms with E-state index in [0.717, 1.165) is 0 Å². The summed E-state index contributed by atoms with van der Waals surface area (Å²) in [7, 11) is 1.45. The van der Waals surface area contributed by atoms with Gasteiger partial charge in [-0.15, -0.1) is 0 Å². The number of hydrogen-bond acceptors (Lipinski definition) is 10. The van der Waals surface area contributed by atoms with Crippen LogP contribution in [0.5, 0.6) is 5.75 Å². The van der Waals surface area contributed by atoms with Crippen LogP contribution >= 0.6 is 0 Å². The monoisotopic (exact) mass is 440 g/mol. The molecular formula is C21H28O10. The SMILES string of the molecule is COc1ccc2ccc(=O)oc2c1C[C@H](O[C@@H]1O[C@@H](CO)[C@H](O)[C@@H](O)[C@@H]1O)C(C)(C)O. The average Bonchev–Trinajstić information content (AvgIpc) is 2.72. The van der Waals surface area contributed by atoms with Crippen LogP contribution in [0.4, 0.5) is 0 Å². The maximum atomic E-state index is 11.8. The maximum Gasteiger partial charge on any atom is 0.336 e. The molecular weight excluding hydrogens is 412 g/mol. The molecule has 0 amide bonds. The predicted molar refractivity (Wildman–Crippen MR) is 108 cm³/mol. The van der Waals surface area contributed by atoms with Gasteiger partial charge in [0, 0.05) is 23.4 Å². The maximum absolute atomic E-state index is 11.8. The molecule has 2 aromatic rings. The molecule has 0 aliphatic carbocycles. The van der Waals surface area contributed by atoms with Crippen LogP contribution in [0.1, 0.15) is 19.4 Å². The summed E-state index contributed by atoms with van der Waals surface area (Å²) in [5.74, 6) is 0.397.